The van der Waals surface area contributed by atoms with Crippen molar-refractivity contribution in [2.24, 2.45) is 11.0 Å². The lowest BCUT2D eigenvalue weighted by Crippen LogP contribution is -2.52. The first-order valence-electron chi connectivity index (χ1n) is 13.1. The molecule has 0 amide bonds. The fourth-order valence-corrected chi connectivity index (χ4v) is 5.75. The molecule has 0 bridgehead atoms. The number of ether oxygens (including phenoxy) is 2. The van der Waals surface area contributed by atoms with E-state index in [2.05, 4.69) is 15.1 Å². The average molecular weight is 621 g/mol. The van der Waals surface area contributed by atoms with Gasteiger partial charge in [0.1, 0.15) is 17.9 Å². The standard InChI is InChI=1S/C26H33N6O10P/c1-6-25(37)22(35)26(30-31-27,41-23(25)32-13-12-20(33)28-24(32)36)15-39-43(38,42-18-10-8-7-9-11-18)29-19(14-16(2)3)21(34)40-17(4)5/h1,7-13,16-17,19,22-23,35,37H,14-15H2,2-5H3,(H,29,38)(H,28,33,36)/t19-,22-,23+,25+,26+,43?/m0/s1. The molecule has 6 atom stereocenters. The van der Waals surface area contributed by atoms with Gasteiger partial charge in [0.2, 0.25) is 5.72 Å². The predicted molar refractivity (Wildman–Crippen MR) is 151 cm³/mol. The van der Waals surface area contributed by atoms with Crippen molar-refractivity contribution >= 4 is 13.7 Å². The first kappa shape index (κ1) is 33.6. The van der Waals surface area contributed by atoms with Crippen LogP contribution in [0, 0.1) is 18.3 Å². The van der Waals surface area contributed by atoms with Crippen LogP contribution in [-0.4, -0.2) is 61.9 Å². The van der Waals surface area contributed by atoms with Gasteiger partial charge in [-0.2, -0.15) is 5.09 Å². The van der Waals surface area contributed by atoms with Crippen molar-refractivity contribution in [3.05, 3.63) is 73.9 Å². The minimum atomic E-state index is -4.63. The number of azide groups is 1. The van der Waals surface area contributed by atoms with Crippen molar-refractivity contribution in [2.75, 3.05) is 6.61 Å². The van der Waals surface area contributed by atoms with Gasteiger partial charge in [-0.3, -0.25) is 23.7 Å². The number of H-pyrrole nitrogens is 1. The van der Waals surface area contributed by atoms with Crippen LogP contribution in [0.2, 0.25) is 0 Å². The first-order chi connectivity index (χ1) is 20.2. The Bertz CT molecular complexity index is 1550. The zero-order valence-electron chi connectivity index (χ0n) is 23.8. The summed E-state index contributed by atoms with van der Waals surface area (Å²) in [6.07, 6.45) is 1.91. The fourth-order valence-electron chi connectivity index (χ4n) is 4.22. The maximum atomic E-state index is 14.2. The highest BCUT2D eigenvalue weighted by Gasteiger charge is 2.64. The van der Waals surface area contributed by atoms with Gasteiger partial charge >= 0.3 is 19.4 Å². The Hall–Kier alpha value is -3.93. The van der Waals surface area contributed by atoms with E-state index in [-0.39, 0.29) is 18.1 Å². The molecule has 0 radical (unpaired) electrons. The molecule has 0 saturated carbocycles. The summed E-state index contributed by atoms with van der Waals surface area (Å²) < 4.78 is 37.2. The largest absolute Gasteiger partial charge is 0.462 e. The Balaban J connectivity index is 2.04. The highest BCUT2D eigenvalue weighted by Crippen LogP contribution is 2.50. The number of carbonyl (C=O) groups excluding carboxylic acids is 1. The van der Waals surface area contributed by atoms with Crippen molar-refractivity contribution in [3.8, 4) is 18.1 Å². The number of aliphatic hydroxyl groups is 2. The number of nitrogens with one attached hydrogen (secondary N) is 2. The van der Waals surface area contributed by atoms with Gasteiger partial charge in [-0.05, 0) is 43.9 Å². The number of hydrogen-bond acceptors (Lipinski definition) is 11. The summed E-state index contributed by atoms with van der Waals surface area (Å²) in [7, 11) is -4.63. The number of aromatic amines is 1. The summed E-state index contributed by atoms with van der Waals surface area (Å²) in [5.41, 5.74) is 2.18. The van der Waals surface area contributed by atoms with Gasteiger partial charge in [0, 0.05) is 17.2 Å². The number of rotatable bonds is 13. The van der Waals surface area contributed by atoms with Crippen LogP contribution < -0.4 is 20.9 Å². The Labute approximate surface area is 246 Å². The van der Waals surface area contributed by atoms with Crippen LogP contribution in [0.1, 0.15) is 40.3 Å². The number of aliphatic hydroxyl groups excluding tert-OH is 1. The van der Waals surface area contributed by atoms with E-state index in [4.69, 9.17) is 24.9 Å². The SMILES string of the molecule is C#C[C@]1(O)[C@H](n2ccc(=O)[nH]c2=O)O[C@@](COP(=O)(N[C@@H](CC(C)C)C(=O)OC(C)C)Oc2ccccc2)(N=[N+]=[N-])[C@H]1O. The second-order valence-corrected chi connectivity index (χ2v) is 12.1. The summed E-state index contributed by atoms with van der Waals surface area (Å²) in [6, 6.07) is 7.49. The Morgan fingerprint density at radius 3 is 2.53 bits per heavy atom. The number of carbonyl (C=O) groups is 1. The average Bonchev–Trinajstić information content (AvgIpc) is 3.14. The number of hydrogen-bond donors (Lipinski definition) is 4. The zero-order valence-corrected chi connectivity index (χ0v) is 24.7. The second kappa shape index (κ2) is 13.6. The number of nitrogens with zero attached hydrogens (tertiary/aromatic N) is 4. The molecule has 2 heterocycles. The van der Waals surface area contributed by atoms with E-state index in [9.17, 15) is 34.7 Å². The van der Waals surface area contributed by atoms with E-state index in [1.165, 1.54) is 12.1 Å². The molecule has 43 heavy (non-hydrogen) atoms. The van der Waals surface area contributed by atoms with E-state index in [1.807, 2.05) is 24.8 Å². The Kier molecular flexibility index (Phi) is 10.6. The molecule has 232 valence electrons. The van der Waals surface area contributed by atoms with Crippen molar-refractivity contribution in [1.82, 2.24) is 14.6 Å². The summed E-state index contributed by atoms with van der Waals surface area (Å²) >= 11 is 0. The molecular weight excluding hydrogens is 587 g/mol. The number of benzene rings is 1. The fraction of sp³-hybridized carbons (Fsp3) is 0.500. The van der Waals surface area contributed by atoms with Crippen LogP contribution in [0.5, 0.6) is 5.75 Å². The lowest BCUT2D eigenvalue weighted by molar-refractivity contribution is -0.150. The lowest BCUT2D eigenvalue weighted by Gasteiger charge is -2.31. The van der Waals surface area contributed by atoms with E-state index < -0.39 is 67.4 Å². The predicted octanol–water partition coefficient (Wildman–Crippen LogP) is 1.96. The van der Waals surface area contributed by atoms with Gasteiger partial charge in [0.25, 0.3) is 5.56 Å². The van der Waals surface area contributed by atoms with Gasteiger partial charge < -0.3 is 24.2 Å². The number of terminal acetylenes is 1. The molecule has 1 aromatic heterocycles. The van der Waals surface area contributed by atoms with Crippen molar-refractivity contribution < 1.29 is 38.1 Å². The lowest BCUT2D eigenvalue weighted by atomic mass is 9.92. The van der Waals surface area contributed by atoms with E-state index in [0.29, 0.717) is 4.57 Å². The summed E-state index contributed by atoms with van der Waals surface area (Å²) in [6.45, 7) is 5.85. The summed E-state index contributed by atoms with van der Waals surface area (Å²) in [5.74, 6) is 1.16. The third-order valence-corrected chi connectivity index (χ3v) is 7.70. The van der Waals surface area contributed by atoms with Gasteiger partial charge in [0.15, 0.2) is 11.8 Å². The zero-order chi connectivity index (χ0) is 32.0. The second-order valence-electron chi connectivity index (χ2n) is 10.4. The van der Waals surface area contributed by atoms with Crippen molar-refractivity contribution in [3.63, 3.8) is 0 Å². The molecule has 16 nitrogen and oxygen atoms in total. The third kappa shape index (κ3) is 7.73. The van der Waals surface area contributed by atoms with Crippen molar-refractivity contribution in [2.45, 2.75) is 69.9 Å². The maximum absolute atomic E-state index is 14.2. The molecule has 0 aliphatic carbocycles. The first-order valence-corrected chi connectivity index (χ1v) is 14.6. The molecule has 1 fully saturated rings. The molecule has 1 aliphatic heterocycles. The minimum absolute atomic E-state index is 0.0578. The molecular formula is C26H33N6O10P. The topological polar surface area (TPSA) is 227 Å². The van der Waals surface area contributed by atoms with E-state index in [1.54, 1.807) is 32.0 Å². The normalized spacial score (nSPS) is 25.4. The smallest absolute Gasteiger partial charge is 0.459 e. The van der Waals surface area contributed by atoms with Crippen molar-refractivity contribution in [1.29, 1.82) is 0 Å². The number of aromatic nitrogens is 2. The van der Waals surface area contributed by atoms with Crippen LogP contribution in [0.25, 0.3) is 10.4 Å². The molecule has 1 unspecified atom stereocenters. The molecule has 1 aliphatic rings. The van der Waals surface area contributed by atoms with Crippen LogP contribution >= 0.6 is 7.75 Å². The quantitative estimate of drug-likeness (QED) is 0.0632. The summed E-state index contributed by atoms with van der Waals surface area (Å²) in [5, 5.41) is 28.4. The Morgan fingerprint density at radius 2 is 1.98 bits per heavy atom. The van der Waals surface area contributed by atoms with Gasteiger partial charge in [-0.1, -0.05) is 43.1 Å². The molecule has 0 spiro atoms. The van der Waals surface area contributed by atoms with Crippen LogP contribution in [0.3, 0.4) is 0 Å². The Morgan fingerprint density at radius 1 is 1.30 bits per heavy atom. The highest BCUT2D eigenvalue weighted by atomic mass is 31.2. The molecule has 2 aromatic rings. The van der Waals surface area contributed by atoms with E-state index >= 15 is 0 Å². The van der Waals surface area contributed by atoms with Gasteiger partial charge in [-0.15, -0.1) is 6.42 Å². The monoisotopic (exact) mass is 620 g/mol. The molecule has 3 rings (SSSR count). The highest BCUT2D eigenvalue weighted by molar-refractivity contribution is 7.52. The van der Waals surface area contributed by atoms with Gasteiger partial charge in [0.05, 0.1) is 12.7 Å². The summed E-state index contributed by atoms with van der Waals surface area (Å²) in [4.78, 5) is 41.6. The van der Waals surface area contributed by atoms with Crippen LogP contribution in [0.15, 0.2) is 57.3 Å². The number of esters is 1. The third-order valence-electron chi connectivity index (χ3n) is 6.15. The minimum Gasteiger partial charge on any atom is -0.462 e. The maximum Gasteiger partial charge on any atom is 0.459 e. The molecule has 1 aromatic carbocycles. The van der Waals surface area contributed by atoms with Gasteiger partial charge in [-0.25, -0.2) is 9.36 Å². The van der Waals surface area contributed by atoms with Crippen LogP contribution in [-0.2, 0) is 23.4 Å². The molecule has 4 N–H and O–H groups in total. The molecule has 1 saturated heterocycles. The number of para-hydroxylation sites is 1. The van der Waals surface area contributed by atoms with Crippen LogP contribution in [0.4, 0.5) is 0 Å². The molecule has 17 heteroatoms. The van der Waals surface area contributed by atoms with E-state index in [0.717, 1.165) is 12.3 Å².